The van der Waals surface area contributed by atoms with Crippen molar-refractivity contribution >= 4 is 11.8 Å². The lowest BCUT2D eigenvalue weighted by Crippen LogP contribution is -2.49. The highest BCUT2D eigenvalue weighted by atomic mass is 19.4. The third kappa shape index (κ3) is 6.23. The predicted molar refractivity (Wildman–Crippen MR) is 154 cm³/mol. The maximum atomic E-state index is 14.0. The molecule has 2 amide bonds. The summed E-state index contributed by atoms with van der Waals surface area (Å²) in [5.74, 6) is -4.99. The first-order valence-electron chi connectivity index (χ1n) is 15.9. The quantitative estimate of drug-likeness (QED) is 0.299. The number of likely N-dealkylation sites (tertiary alicyclic amines) is 1. The van der Waals surface area contributed by atoms with Crippen LogP contribution in [-0.2, 0) is 11.0 Å². The Morgan fingerprint density at radius 3 is 2.36 bits per heavy atom. The van der Waals surface area contributed by atoms with Gasteiger partial charge in [-0.2, -0.15) is 18.3 Å². The molecule has 0 spiro atoms. The van der Waals surface area contributed by atoms with E-state index in [2.05, 4.69) is 15.7 Å². The minimum absolute atomic E-state index is 0.00217. The van der Waals surface area contributed by atoms with E-state index in [1.54, 1.807) is 17.7 Å². The van der Waals surface area contributed by atoms with Crippen LogP contribution in [0.1, 0.15) is 86.8 Å². The maximum Gasteiger partial charge on any atom is 0.417 e. The van der Waals surface area contributed by atoms with E-state index < -0.39 is 47.4 Å². The number of fused-ring (bicyclic) bond motifs is 1. The van der Waals surface area contributed by atoms with Gasteiger partial charge in [0, 0.05) is 42.6 Å². The molecule has 1 saturated heterocycles. The van der Waals surface area contributed by atoms with Crippen molar-refractivity contribution in [1.29, 1.82) is 0 Å². The number of carbonyl (C=O) groups is 2. The van der Waals surface area contributed by atoms with Crippen LogP contribution >= 0.6 is 0 Å². The highest BCUT2D eigenvalue weighted by molar-refractivity contribution is 5.94. The Hall–Kier alpha value is -3.02. The molecule has 3 aliphatic carbocycles. The Labute approximate surface area is 253 Å². The molecule has 3 saturated carbocycles. The average molecular weight is 622 g/mol. The van der Waals surface area contributed by atoms with Crippen LogP contribution in [0.25, 0.3) is 11.3 Å². The second-order valence-corrected chi connectivity index (χ2v) is 13.1. The Morgan fingerprint density at radius 2 is 1.73 bits per heavy atom. The van der Waals surface area contributed by atoms with Crippen LogP contribution < -0.4 is 10.6 Å². The van der Waals surface area contributed by atoms with E-state index in [1.165, 1.54) is 18.2 Å². The largest absolute Gasteiger partial charge is 0.417 e. The van der Waals surface area contributed by atoms with Gasteiger partial charge in [-0.25, -0.2) is 8.78 Å². The molecule has 4 aliphatic rings. The van der Waals surface area contributed by atoms with Crippen molar-refractivity contribution in [2.24, 2.45) is 17.8 Å². The van der Waals surface area contributed by atoms with Crippen LogP contribution in [0.4, 0.5) is 22.0 Å². The van der Waals surface area contributed by atoms with Crippen molar-refractivity contribution < 1.29 is 31.5 Å². The number of piperidine rings is 1. The van der Waals surface area contributed by atoms with Gasteiger partial charge in [-0.05, 0) is 63.6 Å². The monoisotopic (exact) mass is 621 g/mol. The molecule has 1 aliphatic heterocycles. The van der Waals surface area contributed by atoms with Crippen molar-refractivity contribution in [2.75, 3.05) is 19.6 Å². The van der Waals surface area contributed by atoms with Gasteiger partial charge in [0.1, 0.15) is 0 Å². The van der Waals surface area contributed by atoms with Crippen LogP contribution in [0.5, 0.6) is 0 Å². The fourth-order valence-corrected chi connectivity index (χ4v) is 7.15. The van der Waals surface area contributed by atoms with Crippen LogP contribution in [0.2, 0.25) is 0 Å². The number of rotatable bonds is 11. The molecule has 4 atom stereocenters. The lowest BCUT2D eigenvalue weighted by Gasteiger charge is -2.31. The summed E-state index contributed by atoms with van der Waals surface area (Å²) in [6.07, 6.45) is 2.72. The molecule has 2 aromatic rings. The van der Waals surface area contributed by atoms with E-state index in [0.29, 0.717) is 32.5 Å². The topological polar surface area (TPSA) is 79.3 Å². The van der Waals surface area contributed by atoms with Crippen LogP contribution in [-0.4, -0.2) is 64.1 Å². The number of hydrogen-bond acceptors (Lipinski definition) is 4. The van der Waals surface area contributed by atoms with Crippen molar-refractivity contribution in [2.45, 2.75) is 94.9 Å². The summed E-state index contributed by atoms with van der Waals surface area (Å²) in [5, 5.41) is 10.6. The zero-order valence-corrected chi connectivity index (χ0v) is 24.9. The molecule has 0 bridgehead atoms. The summed E-state index contributed by atoms with van der Waals surface area (Å²) >= 11 is 0. The first-order chi connectivity index (χ1) is 20.9. The van der Waals surface area contributed by atoms with Crippen LogP contribution in [0.15, 0.2) is 30.3 Å². The normalized spacial score (nSPS) is 24.9. The highest BCUT2D eigenvalue weighted by Crippen LogP contribution is 2.59. The van der Waals surface area contributed by atoms with Gasteiger partial charge in [0.2, 0.25) is 5.91 Å². The fraction of sp³-hybridized carbons (Fsp3) is 0.656. The summed E-state index contributed by atoms with van der Waals surface area (Å²) in [6, 6.07) is 6.18. The van der Waals surface area contributed by atoms with E-state index in [0.717, 1.165) is 51.0 Å². The number of carbonyl (C=O) groups excluding carboxylic acids is 2. The molecule has 0 radical (unpaired) electrons. The number of hydrogen-bond donors (Lipinski definition) is 2. The molecular formula is C32H40F5N5O2. The van der Waals surface area contributed by atoms with Crippen LogP contribution in [0.3, 0.4) is 0 Å². The van der Waals surface area contributed by atoms with Gasteiger partial charge in [0.05, 0.1) is 23.2 Å². The zero-order valence-electron chi connectivity index (χ0n) is 24.9. The van der Waals surface area contributed by atoms with Crippen LogP contribution in [0, 0.1) is 17.8 Å². The minimum Gasteiger partial charge on any atom is -0.353 e. The third-order valence-corrected chi connectivity index (χ3v) is 10.2. The Bertz CT molecular complexity index is 1350. The molecule has 2 heterocycles. The van der Waals surface area contributed by atoms with E-state index in [4.69, 9.17) is 0 Å². The summed E-state index contributed by atoms with van der Waals surface area (Å²) in [4.78, 5) is 28.8. The molecule has 3 unspecified atom stereocenters. The number of benzene rings is 1. The van der Waals surface area contributed by atoms with Crippen molar-refractivity contribution in [1.82, 2.24) is 25.3 Å². The average Bonchev–Trinajstić information content (AvgIpc) is 3.57. The van der Waals surface area contributed by atoms with Gasteiger partial charge >= 0.3 is 6.18 Å². The van der Waals surface area contributed by atoms with E-state index in [1.807, 2.05) is 4.90 Å². The fourth-order valence-electron chi connectivity index (χ4n) is 7.15. The van der Waals surface area contributed by atoms with Gasteiger partial charge in [-0.3, -0.25) is 14.3 Å². The number of halogens is 5. The molecule has 12 heteroatoms. The number of nitrogens with one attached hydrogen (secondary N) is 2. The van der Waals surface area contributed by atoms with Gasteiger partial charge < -0.3 is 15.5 Å². The van der Waals surface area contributed by atoms with Gasteiger partial charge in [-0.15, -0.1) is 0 Å². The first-order valence-corrected chi connectivity index (χ1v) is 15.9. The molecule has 240 valence electrons. The summed E-state index contributed by atoms with van der Waals surface area (Å²) in [6.45, 7) is 3.05. The Kier molecular flexibility index (Phi) is 8.49. The number of nitrogens with zero attached hydrogens (tertiary/aromatic N) is 3. The zero-order chi connectivity index (χ0) is 31.2. The highest BCUT2D eigenvalue weighted by Gasteiger charge is 2.71. The smallest absolute Gasteiger partial charge is 0.353 e. The summed E-state index contributed by atoms with van der Waals surface area (Å²) in [5.41, 5.74) is -0.575. The van der Waals surface area contributed by atoms with E-state index in [9.17, 15) is 31.5 Å². The molecule has 44 heavy (non-hydrogen) atoms. The molecule has 1 aromatic heterocycles. The number of alkyl halides is 5. The molecule has 2 N–H and O–H groups in total. The predicted octanol–water partition coefficient (Wildman–Crippen LogP) is 6.06. The summed E-state index contributed by atoms with van der Waals surface area (Å²) < 4.78 is 70.8. The minimum atomic E-state index is -4.58. The molecule has 1 aromatic carbocycles. The standard InChI is InChI=1S/C32H40F5N5O2/c1-19(29(43)38-20-8-6-9-20)26(14-7-15-41-17-24-25(18-41)31(24,33)34)39-30(44)27-16-28(42(40-27)21-10-2-3-11-21)22-12-4-5-13-23(22)32(35,36)37/h4-5,12-13,16,19-21,24-26H,2-3,6-11,14-15,17-18H2,1H3,(H,38,43)(H,39,44)/t19?,24?,25?,26-/m0/s1. The second-order valence-electron chi connectivity index (χ2n) is 13.1. The molecule has 6 rings (SSSR count). The van der Waals surface area contributed by atoms with Crippen molar-refractivity contribution in [3.8, 4) is 11.3 Å². The summed E-state index contributed by atoms with van der Waals surface area (Å²) in [7, 11) is 0. The maximum absolute atomic E-state index is 14.0. The number of amides is 2. The molecule has 4 fully saturated rings. The van der Waals surface area contributed by atoms with Gasteiger partial charge in [0.15, 0.2) is 5.69 Å². The third-order valence-electron chi connectivity index (χ3n) is 10.2. The van der Waals surface area contributed by atoms with Crippen molar-refractivity contribution in [3.05, 3.63) is 41.6 Å². The number of aromatic nitrogens is 2. The Balaban J connectivity index is 1.20. The Morgan fingerprint density at radius 1 is 1.05 bits per heavy atom. The second kappa shape index (κ2) is 12.1. The lowest BCUT2D eigenvalue weighted by molar-refractivity contribution is -0.137. The molecule has 7 nitrogen and oxygen atoms in total. The van der Waals surface area contributed by atoms with Gasteiger partial charge in [-0.1, -0.05) is 38.0 Å². The van der Waals surface area contributed by atoms with Crippen molar-refractivity contribution in [3.63, 3.8) is 0 Å². The van der Waals surface area contributed by atoms with E-state index in [-0.39, 0.29) is 34.9 Å². The SMILES string of the molecule is CC(C(=O)NC1CCC1)[C@H](CCCN1CC2C(C1)C2(F)F)NC(=O)c1cc(-c2ccccc2C(F)(F)F)n(C2CCCC2)n1. The molecular weight excluding hydrogens is 581 g/mol. The lowest BCUT2D eigenvalue weighted by atomic mass is 9.91. The van der Waals surface area contributed by atoms with Gasteiger partial charge in [0.25, 0.3) is 11.8 Å². The van der Waals surface area contributed by atoms with E-state index >= 15 is 0 Å². The first kappa shape index (κ1) is 31.0.